The largest absolute Gasteiger partial charge is 0.453 e. The van der Waals surface area contributed by atoms with Crippen LogP contribution in [-0.4, -0.2) is 55.3 Å². The highest BCUT2D eigenvalue weighted by atomic mass is 16.5. The van der Waals surface area contributed by atoms with E-state index in [-0.39, 0.29) is 11.7 Å². The Morgan fingerprint density at radius 1 is 1.18 bits per heavy atom. The highest BCUT2D eigenvalue weighted by Gasteiger charge is 2.23. The van der Waals surface area contributed by atoms with Crippen molar-refractivity contribution in [2.45, 2.75) is 6.04 Å². The van der Waals surface area contributed by atoms with Gasteiger partial charge in [0.2, 0.25) is 5.95 Å². The van der Waals surface area contributed by atoms with E-state index in [0.29, 0.717) is 28.2 Å². The second-order valence-electron chi connectivity index (χ2n) is 6.61. The molecule has 0 aliphatic carbocycles. The van der Waals surface area contributed by atoms with Gasteiger partial charge in [0.25, 0.3) is 0 Å². The number of likely N-dealkylation sites (N-methyl/N-ethyl adjacent to an activating group) is 1. The number of imidazole rings is 1. The lowest BCUT2D eigenvalue weighted by Crippen LogP contribution is -2.47. The first kappa shape index (κ1) is 18.0. The molecule has 1 aliphatic heterocycles. The first-order chi connectivity index (χ1) is 13.5. The third-order valence-electron chi connectivity index (χ3n) is 4.86. The second kappa shape index (κ2) is 7.32. The summed E-state index contributed by atoms with van der Waals surface area (Å²) in [6.45, 7) is 1.46. The summed E-state index contributed by atoms with van der Waals surface area (Å²) in [7, 11) is 3.30. The summed E-state index contributed by atoms with van der Waals surface area (Å²) < 4.78 is 9.77. The quantitative estimate of drug-likeness (QED) is 0.661. The van der Waals surface area contributed by atoms with E-state index in [1.54, 1.807) is 18.2 Å². The van der Waals surface area contributed by atoms with Gasteiger partial charge in [-0.1, -0.05) is 0 Å². The number of amides is 1. The number of carbonyl (C=O) groups is 2. The Balaban J connectivity index is 1.53. The topological polar surface area (TPSA) is 96.5 Å². The minimum Gasteiger partial charge on any atom is -0.453 e. The number of aromatic nitrogens is 2. The number of rotatable bonds is 5. The van der Waals surface area contributed by atoms with Crippen molar-refractivity contribution in [3.8, 4) is 0 Å². The molecule has 28 heavy (non-hydrogen) atoms. The molecular weight excluding hydrogens is 360 g/mol. The number of methoxy groups -OCH3 is 1. The highest BCUT2D eigenvalue weighted by molar-refractivity contribution is 6.10. The molecule has 8 nitrogen and oxygen atoms in total. The molecule has 1 amide bonds. The average Bonchev–Trinajstić information content (AvgIpc) is 3.07. The molecule has 0 saturated carbocycles. The number of hydrogen-bond donors (Lipinski definition) is 2. The average molecular weight is 380 g/mol. The molecule has 0 spiro atoms. The van der Waals surface area contributed by atoms with Gasteiger partial charge in [-0.15, -0.1) is 0 Å². The first-order valence-electron chi connectivity index (χ1n) is 8.85. The number of H-pyrrole nitrogens is 1. The van der Waals surface area contributed by atoms with Crippen LogP contribution in [0.25, 0.3) is 11.0 Å². The van der Waals surface area contributed by atoms with E-state index >= 15 is 0 Å². The Bertz CT molecular complexity index is 1020. The zero-order chi connectivity index (χ0) is 19.7. The number of ether oxygens (including phenoxy) is 2. The molecule has 2 aromatic carbocycles. The van der Waals surface area contributed by atoms with Gasteiger partial charge in [-0.2, -0.15) is 0 Å². The normalized spacial score (nSPS) is 13.8. The van der Waals surface area contributed by atoms with Crippen LogP contribution < -0.4 is 10.2 Å². The molecule has 0 unspecified atom stereocenters. The third kappa shape index (κ3) is 3.41. The number of aromatic amines is 1. The maximum atomic E-state index is 12.8. The predicted molar refractivity (Wildman–Crippen MR) is 105 cm³/mol. The van der Waals surface area contributed by atoms with Crippen LogP contribution in [0.4, 0.5) is 16.4 Å². The predicted octanol–water partition coefficient (Wildman–Crippen LogP) is 2.81. The molecule has 2 N–H and O–H groups in total. The molecule has 0 atom stereocenters. The van der Waals surface area contributed by atoms with Gasteiger partial charge in [-0.25, -0.2) is 9.78 Å². The van der Waals surface area contributed by atoms with Crippen molar-refractivity contribution >= 4 is 34.5 Å². The van der Waals surface area contributed by atoms with Crippen molar-refractivity contribution < 1.29 is 19.1 Å². The van der Waals surface area contributed by atoms with Crippen LogP contribution in [0.2, 0.25) is 0 Å². The van der Waals surface area contributed by atoms with Gasteiger partial charge in [0, 0.05) is 23.9 Å². The number of benzene rings is 2. The van der Waals surface area contributed by atoms with Crippen molar-refractivity contribution in [1.82, 2.24) is 9.97 Å². The van der Waals surface area contributed by atoms with Crippen molar-refractivity contribution in [3.05, 3.63) is 53.6 Å². The third-order valence-corrected chi connectivity index (χ3v) is 4.86. The summed E-state index contributed by atoms with van der Waals surface area (Å²) in [4.78, 5) is 33.5. The lowest BCUT2D eigenvalue weighted by atomic mass is 10.0. The lowest BCUT2D eigenvalue weighted by molar-refractivity contribution is 0.0101. The number of ketones is 1. The monoisotopic (exact) mass is 380 g/mol. The molecule has 0 bridgehead atoms. The smallest absolute Gasteiger partial charge is 0.413 e. The number of nitrogens with one attached hydrogen (secondary N) is 2. The van der Waals surface area contributed by atoms with Crippen LogP contribution in [0.3, 0.4) is 0 Å². The zero-order valence-corrected chi connectivity index (χ0v) is 15.6. The molecule has 2 heterocycles. The van der Waals surface area contributed by atoms with Crippen molar-refractivity contribution in [2.24, 2.45) is 0 Å². The summed E-state index contributed by atoms with van der Waals surface area (Å²) in [6.07, 6.45) is -0.617. The van der Waals surface area contributed by atoms with E-state index in [2.05, 4.69) is 24.9 Å². The SMILES string of the molecule is COC(=O)Nc1nc2cc(C(=O)c3ccc(N(C)C4COC4)cc3)ccc2[nH]1. The number of nitrogens with zero attached hydrogens (tertiary/aromatic N) is 2. The molecule has 3 aromatic rings. The summed E-state index contributed by atoms with van der Waals surface area (Å²) in [6, 6.07) is 13.1. The van der Waals surface area contributed by atoms with Gasteiger partial charge in [0.05, 0.1) is 37.4 Å². The van der Waals surface area contributed by atoms with E-state index in [4.69, 9.17) is 4.74 Å². The van der Waals surface area contributed by atoms with Crippen LogP contribution >= 0.6 is 0 Å². The fraction of sp³-hybridized carbons (Fsp3) is 0.250. The fourth-order valence-corrected chi connectivity index (χ4v) is 3.03. The number of carbonyl (C=O) groups excluding carboxylic acids is 2. The zero-order valence-electron chi connectivity index (χ0n) is 15.6. The van der Waals surface area contributed by atoms with E-state index < -0.39 is 6.09 Å². The Labute approximate surface area is 161 Å². The molecule has 144 valence electrons. The van der Waals surface area contributed by atoms with Crippen LogP contribution in [0.5, 0.6) is 0 Å². The molecule has 8 heteroatoms. The summed E-state index contributed by atoms with van der Waals surface area (Å²) in [5.74, 6) is 0.173. The Hall–Kier alpha value is -3.39. The van der Waals surface area contributed by atoms with Crippen molar-refractivity contribution in [2.75, 3.05) is 37.6 Å². The molecule has 4 rings (SSSR count). The van der Waals surface area contributed by atoms with Gasteiger partial charge in [0.1, 0.15) is 0 Å². The maximum Gasteiger partial charge on any atom is 0.413 e. The molecule has 1 saturated heterocycles. The van der Waals surface area contributed by atoms with Gasteiger partial charge in [-0.05, 0) is 42.5 Å². The Kier molecular flexibility index (Phi) is 4.70. The summed E-state index contributed by atoms with van der Waals surface area (Å²) in [5, 5.41) is 2.47. The Morgan fingerprint density at radius 2 is 1.89 bits per heavy atom. The summed E-state index contributed by atoms with van der Waals surface area (Å²) >= 11 is 0. The second-order valence-corrected chi connectivity index (χ2v) is 6.61. The van der Waals surface area contributed by atoms with E-state index in [1.807, 2.05) is 31.3 Å². The van der Waals surface area contributed by atoms with Gasteiger partial charge < -0.3 is 19.4 Å². The maximum absolute atomic E-state index is 12.8. The number of fused-ring (bicyclic) bond motifs is 1. The fourth-order valence-electron chi connectivity index (χ4n) is 3.03. The highest BCUT2D eigenvalue weighted by Crippen LogP contribution is 2.22. The molecule has 1 fully saturated rings. The van der Waals surface area contributed by atoms with Crippen LogP contribution in [0.15, 0.2) is 42.5 Å². The van der Waals surface area contributed by atoms with Crippen LogP contribution in [0, 0.1) is 0 Å². The van der Waals surface area contributed by atoms with Gasteiger partial charge in [-0.3, -0.25) is 10.1 Å². The van der Waals surface area contributed by atoms with E-state index in [0.717, 1.165) is 18.9 Å². The van der Waals surface area contributed by atoms with E-state index in [1.165, 1.54) is 7.11 Å². The minimum absolute atomic E-state index is 0.0893. The standard InChI is InChI=1S/C20H20N4O4/c1-24(15-10-28-11-15)14-6-3-12(4-7-14)18(25)13-5-8-16-17(9-13)22-19(21-16)23-20(26)27-2/h3-9,15H,10-11H2,1-2H3,(H2,21,22,23,26). The van der Waals surface area contributed by atoms with Gasteiger partial charge in [0.15, 0.2) is 5.78 Å². The van der Waals surface area contributed by atoms with E-state index in [9.17, 15) is 9.59 Å². The first-order valence-corrected chi connectivity index (χ1v) is 8.85. The number of hydrogen-bond acceptors (Lipinski definition) is 6. The lowest BCUT2D eigenvalue weighted by Gasteiger charge is -2.36. The van der Waals surface area contributed by atoms with Crippen molar-refractivity contribution in [1.29, 1.82) is 0 Å². The Morgan fingerprint density at radius 3 is 2.54 bits per heavy atom. The number of anilines is 2. The molecular formula is C20H20N4O4. The molecule has 0 radical (unpaired) electrons. The minimum atomic E-state index is -0.617. The summed E-state index contributed by atoms with van der Waals surface area (Å²) in [5.41, 5.74) is 3.47. The van der Waals surface area contributed by atoms with Crippen molar-refractivity contribution in [3.63, 3.8) is 0 Å². The van der Waals surface area contributed by atoms with Crippen LogP contribution in [-0.2, 0) is 9.47 Å². The molecule has 1 aliphatic rings. The molecule has 1 aromatic heterocycles. The van der Waals surface area contributed by atoms with Gasteiger partial charge >= 0.3 is 6.09 Å². The van der Waals surface area contributed by atoms with Crippen LogP contribution in [0.1, 0.15) is 15.9 Å².